The molecule has 0 aromatic heterocycles. The van der Waals surface area contributed by atoms with Crippen LogP contribution in [-0.2, 0) is 4.79 Å². The SMILES string of the molecule is CC(=O)Oc1ccc2c(c1)C(=O)C(Br)=C2c1ccc(Cl)cc1. The lowest BCUT2D eigenvalue weighted by molar-refractivity contribution is -0.131. The minimum Gasteiger partial charge on any atom is -0.427 e. The van der Waals surface area contributed by atoms with Gasteiger partial charge in [-0.1, -0.05) is 23.7 Å². The fourth-order valence-corrected chi connectivity index (χ4v) is 3.19. The number of hydrogen-bond acceptors (Lipinski definition) is 3. The smallest absolute Gasteiger partial charge is 0.308 e. The summed E-state index contributed by atoms with van der Waals surface area (Å²) in [6, 6.07) is 12.3. The Balaban J connectivity index is 2.10. The quantitative estimate of drug-likeness (QED) is 0.567. The van der Waals surface area contributed by atoms with E-state index in [1.54, 1.807) is 30.3 Å². The first-order valence-electron chi connectivity index (χ1n) is 6.50. The van der Waals surface area contributed by atoms with Crippen LogP contribution in [0.3, 0.4) is 0 Å². The Morgan fingerprint density at radius 2 is 1.77 bits per heavy atom. The highest BCUT2D eigenvalue weighted by Gasteiger charge is 2.29. The van der Waals surface area contributed by atoms with Crippen LogP contribution in [0.4, 0.5) is 0 Å². The normalized spacial score (nSPS) is 13.3. The number of allylic oxidation sites excluding steroid dienone is 1. The van der Waals surface area contributed by atoms with Crippen molar-refractivity contribution in [2.24, 2.45) is 0 Å². The Bertz CT molecular complexity index is 822. The molecule has 0 radical (unpaired) electrons. The maximum absolute atomic E-state index is 12.4. The third-order valence-corrected chi connectivity index (χ3v) is 4.33. The molecule has 1 aliphatic carbocycles. The fraction of sp³-hybridized carbons (Fsp3) is 0.0588. The lowest BCUT2D eigenvalue weighted by Crippen LogP contribution is -2.03. The number of Topliss-reactive ketones (excluding diaryl/α,β-unsaturated/α-hetero) is 1. The van der Waals surface area contributed by atoms with Gasteiger partial charge in [-0.15, -0.1) is 0 Å². The maximum atomic E-state index is 12.4. The van der Waals surface area contributed by atoms with E-state index in [0.717, 1.165) is 16.7 Å². The van der Waals surface area contributed by atoms with Crippen LogP contribution in [0.5, 0.6) is 5.75 Å². The molecule has 0 fully saturated rings. The zero-order chi connectivity index (χ0) is 15.9. The van der Waals surface area contributed by atoms with Gasteiger partial charge >= 0.3 is 5.97 Å². The van der Waals surface area contributed by atoms with Crippen LogP contribution in [0.1, 0.15) is 28.4 Å². The number of ether oxygens (including phenoxy) is 1. The molecule has 2 aromatic rings. The second-order valence-electron chi connectivity index (χ2n) is 4.83. The molecule has 22 heavy (non-hydrogen) atoms. The lowest BCUT2D eigenvalue weighted by Gasteiger charge is -2.07. The van der Waals surface area contributed by atoms with Crippen molar-refractivity contribution in [1.82, 2.24) is 0 Å². The van der Waals surface area contributed by atoms with E-state index in [9.17, 15) is 9.59 Å². The van der Waals surface area contributed by atoms with Crippen molar-refractivity contribution in [3.8, 4) is 5.75 Å². The van der Waals surface area contributed by atoms with E-state index in [1.165, 1.54) is 6.92 Å². The first-order chi connectivity index (χ1) is 10.5. The minimum absolute atomic E-state index is 0.131. The highest BCUT2D eigenvalue weighted by molar-refractivity contribution is 9.12. The standard InChI is InChI=1S/C17H10BrClO3/c1-9(20)22-12-6-7-13-14(8-12)17(21)16(18)15(13)10-2-4-11(19)5-3-10/h2-8H,1H3. The molecule has 0 heterocycles. The highest BCUT2D eigenvalue weighted by Crippen LogP contribution is 2.41. The van der Waals surface area contributed by atoms with E-state index >= 15 is 0 Å². The Labute approximate surface area is 140 Å². The second-order valence-corrected chi connectivity index (χ2v) is 6.06. The van der Waals surface area contributed by atoms with Gasteiger partial charge < -0.3 is 4.74 Å². The van der Waals surface area contributed by atoms with Gasteiger partial charge in [0.1, 0.15) is 5.75 Å². The predicted octanol–water partition coefficient (Wildman–Crippen LogP) is 4.62. The van der Waals surface area contributed by atoms with Crippen LogP contribution in [0.15, 0.2) is 46.9 Å². The number of carbonyl (C=O) groups is 2. The largest absolute Gasteiger partial charge is 0.427 e. The first-order valence-corrected chi connectivity index (χ1v) is 7.67. The van der Waals surface area contributed by atoms with Gasteiger partial charge in [0.2, 0.25) is 5.78 Å². The summed E-state index contributed by atoms with van der Waals surface area (Å²) in [5.41, 5.74) is 3.01. The number of hydrogen-bond donors (Lipinski definition) is 0. The van der Waals surface area contributed by atoms with Gasteiger partial charge in [-0.25, -0.2) is 0 Å². The number of carbonyl (C=O) groups excluding carboxylic acids is 2. The molecule has 2 aromatic carbocycles. The molecule has 0 saturated heterocycles. The third kappa shape index (κ3) is 2.60. The van der Waals surface area contributed by atoms with E-state index in [1.807, 2.05) is 12.1 Å². The summed E-state index contributed by atoms with van der Waals surface area (Å²) in [6.45, 7) is 1.32. The molecule has 0 spiro atoms. The number of ketones is 1. The first kappa shape index (κ1) is 15.0. The zero-order valence-corrected chi connectivity index (χ0v) is 13.9. The van der Waals surface area contributed by atoms with Gasteiger partial charge in [-0.05, 0) is 57.4 Å². The molecule has 3 nitrogen and oxygen atoms in total. The van der Waals surface area contributed by atoms with E-state index < -0.39 is 5.97 Å². The van der Waals surface area contributed by atoms with Crippen LogP contribution in [-0.4, -0.2) is 11.8 Å². The van der Waals surface area contributed by atoms with Gasteiger partial charge in [0, 0.05) is 23.1 Å². The van der Waals surface area contributed by atoms with Crippen LogP contribution in [0.25, 0.3) is 5.57 Å². The Kier molecular flexibility index (Phi) is 3.89. The summed E-state index contributed by atoms with van der Waals surface area (Å²) in [7, 11) is 0. The Morgan fingerprint density at radius 1 is 1.09 bits per heavy atom. The average Bonchev–Trinajstić information content (AvgIpc) is 2.72. The summed E-state index contributed by atoms with van der Waals surface area (Å²) in [6.07, 6.45) is 0. The van der Waals surface area contributed by atoms with E-state index in [0.29, 0.717) is 20.8 Å². The second kappa shape index (κ2) is 5.71. The molecule has 0 aliphatic heterocycles. The van der Waals surface area contributed by atoms with Crippen LogP contribution < -0.4 is 4.74 Å². The minimum atomic E-state index is -0.421. The lowest BCUT2D eigenvalue weighted by atomic mass is 9.99. The Morgan fingerprint density at radius 3 is 2.41 bits per heavy atom. The van der Waals surface area contributed by atoms with Crippen molar-refractivity contribution in [2.75, 3.05) is 0 Å². The van der Waals surface area contributed by atoms with E-state index in [2.05, 4.69) is 15.9 Å². The maximum Gasteiger partial charge on any atom is 0.308 e. The molecule has 0 atom stereocenters. The van der Waals surface area contributed by atoms with Gasteiger partial charge in [0.15, 0.2) is 0 Å². The van der Waals surface area contributed by atoms with Crippen molar-refractivity contribution >= 4 is 44.9 Å². The topological polar surface area (TPSA) is 43.4 Å². The van der Waals surface area contributed by atoms with Crippen LogP contribution >= 0.6 is 27.5 Å². The van der Waals surface area contributed by atoms with Crippen molar-refractivity contribution in [2.45, 2.75) is 6.92 Å². The van der Waals surface area contributed by atoms with Crippen molar-refractivity contribution < 1.29 is 14.3 Å². The molecular formula is C17H10BrClO3. The molecule has 0 saturated carbocycles. The van der Waals surface area contributed by atoms with Crippen molar-refractivity contribution in [3.05, 3.63) is 68.7 Å². The predicted molar refractivity (Wildman–Crippen MR) is 88.5 cm³/mol. The summed E-state index contributed by atoms with van der Waals surface area (Å²) < 4.78 is 5.53. The number of fused-ring (bicyclic) bond motifs is 1. The number of halogens is 2. The van der Waals surface area contributed by atoms with Gasteiger partial charge in [-0.2, -0.15) is 0 Å². The van der Waals surface area contributed by atoms with E-state index in [4.69, 9.17) is 16.3 Å². The van der Waals surface area contributed by atoms with Gasteiger partial charge in [0.05, 0.1) is 4.48 Å². The third-order valence-electron chi connectivity index (χ3n) is 3.32. The summed E-state index contributed by atoms with van der Waals surface area (Å²) in [4.78, 5) is 23.5. The molecule has 5 heteroatoms. The molecule has 0 unspecified atom stereocenters. The van der Waals surface area contributed by atoms with Gasteiger partial charge in [-0.3, -0.25) is 9.59 Å². The van der Waals surface area contributed by atoms with Crippen molar-refractivity contribution in [3.63, 3.8) is 0 Å². The average molecular weight is 378 g/mol. The molecule has 110 valence electrons. The van der Waals surface area contributed by atoms with Crippen molar-refractivity contribution in [1.29, 1.82) is 0 Å². The van der Waals surface area contributed by atoms with Crippen LogP contribution in [0, 0.1) is 0 Å². The highest BCUT2D eigenvalue weighted by atomic mass is 79.9. The molecule has 0 bridgehead atoms. The van der Waals surface area contributed by atoms with E-state index in [-0.39, 0.29) is 5.78 Å². The number of benzene rings is 2. The van der Waals surface area contributed by atoms with Crippen LogP contribution in [0.2, 0.25) is 5.02 Å². The number of esters is 1. The molecule has 0 amide bonds. The molecule has 0 N–H and O–H groups in total. The summed E-state index contributed by atoms with van der Waals surface area (Å²) in [5.74, 6) is -0.193. The molecule has 1 aliphatic rings. The monoisotopic (exact) mass is 376 g/mol. The molecular weight excluding hydrogens is 368 g/mol. The zero-order valence-electron chi connectivity index (χ0n) is 11.5. The fourth-order valence-electron chi connectivity index (χ4n) is 2.41. The molecule has 3 rings (SSSR count). The number of rotatable bonds is 2. The van der Waals surface area contributed by atoms with Gasteiger partial charge in [0.25, 0.3) is 0 Å². The summed E-state index contributed by atoms with van der Waals surface area (Å²) in [5, 5.41) is 0.634. The summed E-state index contributed by atoms with van der Waals surface area (Å²) >= 11 is 9.28. The Hall–Kier alpha value is -1.91.